The average molecular weight is 248 g/mol. The van der Waals surface area contributed by atoms with Gasteiger partial charge in [0.1, 0.15) is 12.4 Å². The number of fused-ring (bicyclic) bond motifs is 1. The summed E-state index contributed by atoms with van der Waals surface area (Å²) in [6.45, 7) is -0.458. The van der Waals surface area contributed by atoms with Gasteiger partial charge in [-0.3, -0.25) is 14.6 Å². The standard InChI is InChI=1S/C12H9FN2O3/c13-9-2-1-7-3-8(5-14-10(7)4-9)12(18)15-6-11(16)17/h1-5H,6H2,(H,15,18)(H,16,17). The molecule has 0 saturated heterocycles. The Balaban J connectivity index is 2.27. The number of aromatic nitrogens is 1. The Bertz CT molecular complexity index is 628. The second kappa shape index (κ2) is 4.79. The molecule has 0 spiro atoms. The van der Waals surface area contributed by atoms with E-state index >= 15 is 0 Å². The summed E-state index contributed by atoms with van der Waals surface area (Å²) in [6.07, 6.45) is 1.28. The minimum absolute atomic E-state index is 0.232. The molecule has 1 heterocycles. The van der Waals surface area contributed by atoms with E-state index in [0.29, 0.717) is 10.9 Å². The molecule has 0 aliphatic rings. The highest BCUT2D eigenvalue weighted by Crippen LogP contribution is 2.14. The van der Waals surface area contributed by atoms with Crippen molar-refractivity contribution in [1.82, 2.24) is 10.3 Å². The number of carboxylic acid groups (broad SMARTS) is 1. The molecule has 1 aromatic carbocycles. The van der Waals surface area contributed by atoms with Crippen LogP contribution in [0.5, 0.6) is 0 Å². The zero-order valence-corrected chi connectivity index (χ0v) is 9.18. The first-order valence-corrected chi connectivity index (χ1v) is 5.11. The number of halogens is 1. The van der Waals surface area contributed by atoms with E-state index in [2.05, 4.69) is 10.3 Å². The van der Waals surface area contributed by atoms with Gasteiger partial charge in [0.25, 0.3) is 5.91 Å². The molecule has 18 heavy (non-hydrogen) atoms. The molecule has 0 atom stereocenters. The predicted molar refractivity (Wildman–Crippen MR) is 61.7 cm³/mol. The number of nitrogens with one attached hydrogen (secondary N) is 1. The number of carbonyl (C=O) groups is 2. The van der Waals surface area contributed by atoms with Crippen LogP contribution in [0.3, 0.4) is 0 Å². The highest BCUT2D eigenvalue weighted by atomic mass is 19.1. The molecule has 2 rings (SSSR count). The Morgan fingerprint density at radius 1 is 1.33 bits per heavy atom. The van der Waals surface area contributed by atoms with Crippen LogP contribution >= 0.6 is 0 Å². The lowest BCUT2D eigenvalue weighted by molar-refractivity contribution is -0.135. The molecule has 0 unspecified atom stereocenters. The van der Waals surface area contributed by atoms with Gasteiger partial charge in [0.2, 0.25) is 0 Å². The Labute approximate surface area is 101 Å². The number of carbonyl (C=O) groups excluding carboxylic acids is 1. The van der Waals surface area contributed by atoms with Crippen LogP contribution in [0, 0.1) is 5.82 Å². The first kappa shape index (κ1) is 12.0. The molecule has 0 aliphatic heterocycles. The molecule has 2 aromatic rings. The van der Waals surface area contributed by atoms with Gasteiger partial charge in [0.05, 0.1) is 11.1 Å². The fraction of sp³-hybridized carbons (Fsp3) is 0.0833. The number of amides is 1. The van der Waals surface area contributed by atoms with Crippen molar-refractivity contribution >= 4 is 22.8 Å². The third-order valence-electron chi connectivity index (χ3n) is 2.31. The quantitative estimate of drug-likeness (QED) is 0.855. The lowest BCUT2D eigenvalue weighted by Gasteiger charge is -2.03. The first-order chi connectivity index (χ1) is 8.56. The molecule has 5 nitrogen and oxygen atoms in total. The number of carboxylic acids is 1. The van der Waals surface area contributed by atoms with Crippen molar-refractivity contribution in [3.63, 3.8) is 0 Å². The van der Waals surface area contributed by atoms with Gasteiger partial charge in [-0.15, -0.1) is 0 Å². The molecule has 6 heteroatoms. The maximum absolute atomic E-state index is 12.9. The summed E-state index contributed by atoms with van der Waals surface area (Å²) in [7, 11) is 0. The summed E-state index contributed by atoms with van der Waals surface area (Å²) in [5.41, 5.74) is 0.667. The number of hydrogen-bond acceptors (Lipinski definition) is 3. The molecule has 0 aliphatic carbocycles. The third-order valence-corrected chi connectivity index (χ3v) is 2.31. The van der Waals surface area contributed by atoms with E-state index in [1.54, 1.807) is 0 Å². The molecule has 1 aromatic heterocycles. The van der Waals surface area contributed by atoms with E-state index in [0.717, 1.165) is 0 Å². The summed E-state index contributed by atoms with van der Waals surface area (Å²) in [6, 6.07) is 5.56. The second-order valence-electron chi connectivity index (χ2n) is 3.64. The van der Waals surface area contributed by atoms with Gasteiger partial charge in [-0.25, -0.2) is 4.39 Å². The van der Waals surface area contributed by atoms with Crippen molar-refractivity contribution < 1.29 is 19.1 Å². The fourth-order valence-corrected chi connectivity index (χ4v) is 1.48. The molecule has 0 saturated carbocycles. The largest absolute Gasteiger partial charge is 0.480 e. The van der Waals surface area contributed by atoms with Gasteiger partial charge in [0, 0.05) is 17.6 Å². The number of pyridine rings is 1. The highest BCUT2D eigenvalue weighted by molar-refractivity contribution is 5.98. The summed E-state index contributed by atoms with van der Waals surface area (Å²) < 4.78 is 12.9. The van der Waals surface area contributed by atoms with Gasteiger partial charge in [-0.05, 0) is 18.2 Å². The van der Waals surface area contributed by atoms with Crippen LogP contribution in [-0.2, 0) is 4.79 Å². The van der Waals surface area contributed by atoms with Crippen LogP contribution < -0.4 is 5.32 Å². The van der Waals surface area contributed by atoms with Crippen molar-refractivity contribution in [3.05, 3.63) is 41.8 Å². The third kappa shape index (κ3) is 2.60. The Morgan fingerprint density at radius 3 is 2.83 bits per heavy atom. The Morgan fingerprint density at radius 2 is 2.11 bits per heavy atom. The minimum Gasteiger partial charge on any atom is -0.480 e. The molecular formula is C12H9FN2O3. The maximum Gasteiger partial charge on any atom is 0.322 e. The zero-order valence-electron chi connectivity index (χ0n) is 9.18. The van der Waals surface area contributed by atoms with E-state index < -0.39 is 24.2 Å². The SMILES string of the molecule is O=C(O)CNC(=O)c1cnc2cc(F)ccc2c1. The van der Waals surface area contributed by atoms with E-state index in [1.165, 1.54) is 30.5 Å². The van der Waals surface area contributed by atoms with Crippen LogP contribution in [0.4, 0.5) is 4.39 Å². The molecule has 2 N–H and O–H groups in total. The number of aliphatic carboxylic acids is 1. The summed E-state index contributed by atoms with van der Waals surface area (Å²) in [5.74, 6) is -2.06. The lowest BCUT2D eigenvalue weighted by atomic mass is 10.1. The zero-order chi connectivity index (χ0) is 13.1. The van der Waals surface area contributed by atoms with Crippen molar-refractivity contribution in [3.8, 4) is 0 Å². The number of nitrogens with zero attached hydrogens (tertiary/aromatic N) is 1. The summed E-state index contributed by atoms with van der Waals surface area (Å²) >= 11 is 0. The van der Waals surface area contributed by atoms with E-state index in [1.807, 2.05) is 0 Å². The van der Waals surface area contributed by atoms with Gasteiger partial charge in [-0.1, -0.05) is 0 Å². The molecule has 0 radical (unpaired) electrons. The van der Waals surface area contributed by atoms with Crippen molar-refractivity contribution in [2.75, 3.05) is 6.54 Å². The molecule has 0 bridgehead atoms. The number of rotatable bonds is 3. The van der Waals surface area contributed by atoms with Gasteiger partial charge < -0.3 is 10.4 Å². The van der Waals surface area contributed by atoms with Gasteiger partial charge in [-0.2, -0.15) is 0 Å². The van der Waals surface area contributed by atoms with Crippen LogP contribution in [0.1, 0.15) is 10.4 Å². The van der Waals surface area contributed by atoms with Gasteiger partial charge in [0.15, 0.2) is 0 Å². The number of benzene rings is 1. The first-order valence-electron chi connectivity index (χ1n) is 5.11. The van der Waals surface area contributed by atoms with Gasteiger partial charge >= 0.3 is 5.97 Å². The Kier molecular flexibility index (Phi) is 3.18. The summed E-state index contributed by atoms with van der Waals surface area (Å²) in [4.78, 5) is 25.8. The monoisotopic (exact) mass is 248 g/mol. The molecule has 92 valence electrons. The van der Waals surface area contributed by atoms with Crippen molar-refractivity contribution in [1.29, 1.82) is 0 Å². The molecule has 1 amide bonds. The Hall–Kier alpha value is -2.50. The fourth-order valence-electron chi connectivity index (χ4n) is 1.48. The lowest BCUT2D eigenvalue weighted by Crippen LogP contribution is -2.29. The van der Waals surface area contributed by atoms with Crippen molar-refractivity contribution in [2.24, 2.45) is 0 Å². The topological polar surface area (TPSA) is 79.3 Å². The normalized spacial score (nSPS) is 10.3. The highest BCUT2D eigenvalue weighted by Gasteiger charge is 2.08. The van der Waals surface area contributed by atoms with E-state index in [4.69, 9.17) is 5.11 Å². The number of hydrogen-bond donors (Lipinski definition) is 2. The van der Waals surface area contributed by atoms with E-state index in [9.17, 15) is 14.0 Å². The van der Waals surface area contributed by atoms with Crippen LogP contribution in [0.25, 0.3) is 10.9 Å². The second-order valence-corrected chi connectivity index (χ2v) is 3.64. The predicted octanol–water partition coefficient (Wildman–Crippen LogP) is 1.19. The van der Waals surface area contributed by atoms with Crippen LogP contribution in [0.2, 0.25) is 0 Å². The van der Waals surface area contributed by atoms with Crippen LogP contribution in [-0.4, -0.2) is 28.5 Å². The smallest absolute Gasteiger partial charge is 0.322 e. The summed E-state index contributed by atoms with van der Waals surface area (Å²) in [5, 5.41) is 11.3. The van der Waals surface area contributed by atoms with Crippen molar-refractivity contribution in [2.45, 2.75) is 0 Å². The maximum atomic E-state index is 12.9. The average Bonchev–Trinajstić information content (AvgIpc) is 2.35. The van der Waals surface area contributed by atoms with E-state index in [-0.39, 0.29) is 5.56 Å². The molecular weight excluding hydrogens is 239 g/mol. The minimum atomic E-state index is -1.13. The van der Waals surface area contributed by atoms with Crippen LogP contribution in [0.15, 0.2) is 30.5 Å². The molecule has 0 fully saturated rings.